The summed E-state index contributed by atoms with van der Waals surface area (Å²) in [7, 11) is 0. The molecule has 9 nitrogen and oxygen atoms in total. The molecule has 1 atom stereocenters. The van der Waals surface area contributed by atoms with E-state index in [9.17, 15) is 20.0 Å². The summed E-state index contributed by atoms with van der Waals surface area (Å²) in [4.78, 5) is 33.2. The molecule has 3 aromatic carbocycles. The topological polar surface area (TPSA) is 125 Å². The number of carboxylic acids is 1. The zero-order valence-electron chi connectivity index (χ0n) is 21.2. The normalized spacial score (nSPS) is 16.2. The maximum atomic E-state index is 12.8. The highest BCUT2D eigenvalue weighted by atomic mass is 16.6. The Bertz CT molecular complexity index is 1480. The molecule has 0 fully saturated rings. The van der Waals surface area contributed by atoms with E-state index in [1.807, 2.05) is 72.8 Å². The van der Waals surface area contributed by atoms with Gasteiger partial charge in [-0.25, -0.2) is 0 Å². The van der Waals surface area contributed by atoms with E-state index in [1.165, 1.54) is 0 Å². The Morgan fingerprint density at radius 1 is 0.897 bits per heavy atom. The lowest BCUT2D eigenvalue weighted by Crippen LogP contribution is -2.41. The Morgan fingerprint density at radius 2 is 1.51 bits per heavy atom. The molecule has 198 valence electrons. The fourth-order valence-electron chi connectivity index (χ4n) is 5.06. The molecule has 1 aliphatic rings. The molecule has 0 unspecified atom stereocenters. The zero-order valence-corrected chi connectivity index (χ0v) is 21.2. The number of carboxylic acid groups (broad SMARTS) is 1. The van der Waals surface area contributed by atoms with Crippen LogP contribution in [0.2, 0.25) is 0 Å². The highest BCUT2D eigenvalue weighted by Gasteiger charge is 2.46. The van der Waals surface area contributed by atoms with Gasteiger partial charge in [0.2, 0.25) is 0 Å². The number of aliphatic carboxylic acids is 1. The van der Waals surface area contributed by atoms with Gasteiger partial charge in [0.1, 0.15) is 18.9 Å². The Kier molecular flexibility index (Phi) is 7.49. The molecule has 1 aromatic heterocycles. The summed E-state index contributed by atoms with van der Waals surface area (Å²) in [5.41, 5.74) is 1.33. The first-order chi connectivity index (χ1) is 19.0. The van der Waals surface area contributed by atoms with Crippen LogP contribution >= 0.6 is 0 Å². The Labute approximate surface area is 225 Å². The number of aromatic nitrogens is 2. The smallest absolute Gasteiger partial charge is 0.352 e. The quantitative estimate of drug-likeness (QED) is 0.214. The molecule has 9 heteroatoms. The predicted octanol–water partition coefficient (Wildman–Crippen LogP) is 5.44. The van der Waals surface area contributed by atoms with Gasteiger partial charge in [-0.05, 0) is 41.5 Å². The summed E-state index contributed by atoms with van der Waals surface area (Å²) in [6.45, 7) is 0.159. The van der Waals surface area contributed by atoms with Crippen molar-refractivity contribution in [1.29, 1.82) is 0 Å². The fourth-order valence-corrected chi connectivity index (χ4v) is 5.06. The van der Waals surface area contributed by atoms with Crippen LogP contribution in [0.25, 0.3) is 0 Å². The highest BCUT2D eigenvalue weighted by molar-refractivity contribution is 5.83. The van der Waals surface area contributed by atoms with Crippen LogP contribution in [0.5, 0.6) is 11.9 Å². The largest absolute Gasteiger partial charge is 0.481 e. The van der Waals surface area contributed by atoms with Crippen LogP contribution in [0.4, 0.5) is 5.69 Å². The molecule has 5 rings (SSSR count). The lowest BCUT2D eigenvalue weighted by atomic mass is 9.67. The van der Waals surface area contributed by atoms with Gasteiger partial charge in [-0.15, -0.1) is 0 Å². The second-order valence-corrected chi connectivity index (χ2v) is 9.49. The molecule has 0 radical (unpaired) electrons. The summed E-state index contributed by atoms with van der Waals surface area (Å²) in [5, 5.41) is 22.9. The van der Waals surface area contributed by atoms with E-state index in [-0.39, 0.29) is 37.2 Å². The first-order valence-electron chi connectivity index (χ1n) is 12.7. The van der Waals surface area contributed by atoms with Gasteiger partial charge in [0.05, 0.1) is 10.3 Å². The number of hydrogen-bond donors (Lipinski definition) is 1. The zero-order chi connectivity index (χ0) is 27.2. The number of ether oxygens (including phenoxy) is 2. The molecule has 0 amide bonds. The second-order valence-electron chi connectivity index (χ2n) is 9.49. The average molecular weight is 526 g/mol. The second kappa shape index (κ2) is 11.3. The highest BCUT2D eigenvalue weighted by Crippen LogP contribution is 2.43. The number of fused-ring (bicyclic) bond motifs is 1. The summed E-state index contributed by atoms with van der Waals surface area (Å²) in [6, 6.07) is 25.8. The van der Waals surface area contributed by atoms with Crippen molar-refractivity contribution in [2.75, 3.05) is 0 Å². The van der Waals surface area contributed by atoms with Crippen LogP contribution in [0.15, 0.2) is 84.9 Å². The molecule has 1 N–H and O–H groups in total. The van der Waals surface area contributed by atoms with Gasteiger partial charge in [-0.2, -0.15) is 9.97 Å². The van der Waals surface area contributed by atoms with E-state index in [0.29, 0.717) is 18.4 Å². The lowest BCUT2D eigenvalue weighted by molar-refractivity contribution is -0.387. The molecular weight excluding hydrogens is 498 g/mol. The predicted molar refractivity (Wildman–Crippen MR) is 143 cm³/mol. The van der Waals surface area contributed by atoms with Crippen molar-refractivity contribution in [2.45, 2.75) is 44.3 Å². The number of rotatable bonds is 10. The van der Waals surface area contributed by atoms with Gasteiger partial charge in [0.25, 0.3) is 0 Å². The number of nitrogens with zero attached hydrogens (tertiary/aromatic N) is 3. The van der Waals surface area contributed by atoms with E-state index in [0.717, 1.165) is 23.1 Å². The molecule has 0 aliphatic heterocycles. The Hall–Kier alpha value is -4.79. The van der Waals surface area contributed by atoms with Crippen molar-refractivity contribution in [2.24, 2.45) is 0 Å². The first kappa shape index (κ1) is 25.8. The summed E-state index contributed by atoms with van der Waals surface area (Å²) in [6.07, 6.45) is 1.49. The maximum absolute atomic E-state index is 12.8. The fraction of sp³-hybridized carbons (Fsp3) is 0.233. The third kappa shape index (κ3) is 5.57. The van der Waals surface area contributed by atoms with Crippen LogP contribution < -0.4 is 9.47 Å². The van der Waals surface area contributed by atoms with E-state index >= 15 is 0 Å². The van der Waals surface area contributed by atoms with E-state index in [4.69, 9.17) is 9.47 Å². The minimum Gasteiger partial charge on any atom is -0.481 e. The van der Waals surface area contributed by atoms with Crippen LogP contribution in [-0.2, 0) is 36.3 Å². The monoisotopic (exact) mass is 525 g/mol. The SMILES string of the molecule is O=C(O)[C@@]1(Cc2nc(OCc3ccccc3)nc(OCc3ccccc3)c2[N+](=O)[O-])CCCc2ccccc21. The number of aryl methyl sites for hydroxylation is 1. The molecule has 4 aromatic rings. The van der Waals surface area contributed by atoms with Crippen LogP contribution in [0.3, 0.4) is 0 Å². The van der Waals surface area contributed by atoms with E-state index in [1.54, 1.807) is 12.1 Å². The van der Waals surface area contributed by atoms with Crippen molar-refractivity contribution in [1.82, 2.24) is 9.97 Å². The van der Waals surface area contributed by atoms with Gasteiger partial charge in [-0.1, -0.05) is 84.9 Å². The van der Waals surface area contributed by atoms with Crippen LogP contribution in [0.1, 0.15) is 40.8 Å². The van der Waals surface area contributed by atoms with Gasteiger partial charge in [0.15, 0.2) is 0 Å². The molecule has 1 aliphatic carbocycles. The van der Waals surface area contributed by atoms with Gasteiger partial charge >= 0.3 is 23.5 Å². The molecule has 0 saturated carbocycles. The molecule has 1 heterocycles. The molecule has 0 spiro atoms. The van der Waals surface area contributed by atoms with E-state index < -0.39 is 22.0 Å². The number of carbonyl (C=O) groups is 1. The Balaban J connectivity index is 1.58. The number of hydrogen-bond acceptors (Lipinski definition) is 7. The summed E-state index contributed by atoms with van der Waals surface area (Å²) < 4.78 is 11.7. The van der Waals surface area contributed by atoms with Crippen molar-refractivity contribution < 1.29 is 24.3 Å². The van der Waals surface area contributed by atoms with Crippen LogP contribution in [-0.4, -0.2) is 26.0 Å². The van der Waals surface area contributed by atoms with Crippen molar-refractivity contribution in [3.05, 3.63) is 123 Å². The van der Waals surface area contributed by atoms with E-state index in [2.05, 4.69) is 9.97 Å². The van der Waals surface area contributed by atoms with Crippen molar-refractivity contribution in [3.8, 4) is 11.9 Å². The summed E-state index contributed by atoms with van der Waals surface area (Å²) >= 11 is 0. The average Bonchev–Trinajstić information content (AvgIpc) is 2.96. The molecule has 0 bridgehead atoms. The van der Waals surface area contributed by atoms with Crippen molar-refractivity contribution >= 4 is 11.7 Å². The maximum Gasteiger partial charge on any atom is 0.352 e. The number of nitro groups is 1. The minimum absolute atomic E-state index is 0.0309. The van der Waals surface area contributed by atoms with Gasteiger partial charge < -0.3 is 14.6 Å². The van der Waals surface area contributed by atoms with Crippen LogP contribution in [0, 0.1) is 10.1 Å². The lowest BCUT2D eigenvalue weighted by Gasteiger charge is -2.35. The third-order valence-corrected chi connectivity index (χ3v) is 6.98. The van der Waals surface area contributed by atoms with Crippen molar-refractivity contribution in [3.63, 3.8) is 0 Å². The first-order valence-corrected chi connectivity index (χ1v) is 12.7. The third-order valence-electron chi connectivity index (χ3n) is 6.98. The van der Waals surface area contributed by atoms with Gasteiger partial charge in [-0.3, -0.25) is 14.9 Å². The molecule has 39 heavy (non-hydrogen) atoms. The number of benzene rings is 3. The Morgan fingerprint density at radius 3 is 2.15 bits per heavy atom. The summed E-state index contributed by atoms with van der Waals surface area (Å²) in [5.74, 6) is -1.32. The standard InChI is InChI=1S/C30H27N3O6/c34-28(35)30(17-9-15-23-14-7-8-16-24(23)30)18-25-26(33(36)37)27(38-19-21-10-3-1-4-11-21)32-29(31-25)39-20-22-12-5-2-6-13-22/h1-8,10-14,16H,9,15,17-20H2,(H,34,35)/t30-/m1/s1. The molecule has 0 saturated heterocycles. The molecular formula is C30H27N3O6. The minimum atomic E-state index is -1.39. The van der Waals surface area contributed by atoms with Gasteiger partial charge in [0, 0.05) is 6.42 Å².